The zero-order valence-electron chi connectivity index (χ0n) is 12.7. The van der Waals surface area contributed by atoms with Gasteiger partial charge < -0.3 is 9.47 Å². The predicted molar refractivity (Wildman–Crippen MR) is 81.5 cm³/mol. The summed E-state index contributed by atoms with van der Waals surface area (Å²) < 4.78 is 39.5. The molecule has 1 heterocycles. The number of ether oxygens (including phenoxy) is 2. The Labute approximate surface area is 129 Å². The molecule has 0 spiro atoms. The van der Waals surface area contributed by atoms with Gasteiger partial charge in [0.05, 0.1) is 26.5 Å². The number of sulfonamides is 1. The highest BCUT2D eigenvalue weighted by atomic mass is 32.2. The van der Waals surface area contributed by atoms with Crippen LogP contribution in [0.1, 0.15) is 12.6 Å². The molecular formula is C14H19N3O4S. The van der Waals surface area contributed by atoms with E-state index in [0.29, 0.717) is 12.3 Å². The lowest BCUT2D eigenvalue weighted by Gasteiger charge is -2.12. The number of aryl methyl sites for hydroxylation is 1. The molecule has 1 N–H and O–H groups in total. The Morgan fingerprint density at radius 1 is 1.23 bits per heavy atom. The molecule has 2 rings (SSSR count). The maximum atomic E-state index is 12.5. The maximum absolute atomic E-state index is 12.5. The van der Waals surface area contributed by atoms with Crippen LogP contribution in [0.4, 0.5) is 0 Å². The molecule has 0 bridgehead atoms. The average Bonchev–Trinajstić information content (AvgIpc) is 3.00. The van der Waals surface area contributed by atoms with Gasteiger partial charge in [-0.05, 0) is 25.1 Å². The number of nitrogens with zero attached hydrogens (tertiary/aromatic N) is 2. The lowest BCUT2D eigenvalue weighted by molar-refractivity contribution is 0.392. The molecule has 0 aliphatic carbocycles. The van der Waals surface area contributed by atoms with E-state index in [4.69, 9.17) is 9.47 Å². The highest BCUT2D eigenvalue weighted by molar-refractivity contribution is 7.89. The lowest BCUT2D eigenvalue weighted by atomic mass is 10.3. The summed E-state index contributed by atoms with van der Waals surface area (Å²) in [5.74, 6) is 0.706. The molecule has 0 atom stereocenters. The molecule has 0 aliphatic rings. The first-order valence-corrected chi connectivity index (χ1v) is 8.22. The molecule has 22 heavy (non-hydrogen) atoms. The van der Waals surface area contributed by atoms with Crippen LogP contribution in [0.2, 0.25) is 0 Å². The predicted octanol–water partition coefficient (Wildman–Crippen LogP) is 1.40. The fourth-order valence-corrected chi connectivity index (χ4v) is 3.22. The van der Waals surface area contributed by atoms with E-state index in [-0.39, 0.29) is 17.2 Å². The number of nitrogens with one attached hydrogen (secondary N) is 1. The molecule has 8 heteroatoms. The van der Waals surface area contributed by atoms with Crippen molar-refractivity contribution in [3.63, 3.8) is 0 Å². The molecule has 0 unspecified atom stereocenters. The Hall–Kier alpha value is -2.06. The minimum Gasteiger partial charge on any atom is -0.497 e. The SMILES string of the molecule is CCn1nccc1CNS(=O)(=O)c1cc(OC)ccc1OC. The van der Waals surface area contributed by atoms with Crippen LogP contribution in [0, 0.1) is 0 Å². The zero-order chi connectivity index (χ0) is 16.2. The van der Waals surface area contributed by atoms with Gasteiger partial charge >= 0.3 is 0 Å². The van der Waals surface area contributed by atoms with Crippen molar-refractivity contribution in [3.8, 4) is 11.5 Å². The fourth-order valence-electron chi connectivity index (χ4n) is 2.04. The molecule has 7 nitrogen and oxygen atoms in total. The summed E-state index contributed by atoms with van der Waals surface area (Å²) in [6.07, 6.45) is 1.64. The van der Waals surface area contributed by atoms with Crippen LogP contribution in [-0.2, 0) is 23.1 Å². The smallest absolute Gasteiger partial charge is 0.244 e. The highest BCUT2D eigenvalue weighted by Crippen LogP contribution is 2.28. The summed E-state index contributed by atoms with van der Waals surface area (Å²) in [5, 5.41) is 4.11. The van der Waals surface area contributed by atoms with Gasteiger partial charge in [0.2, 0.25) is 10.0 Å². The van der Waals surface area contributed by atoms with Crippen molar-refractivity contribution < 1.29 is 17.9 Å². The number of aromatic nitrogens is 2. The van der Waals surface area contributed by atoms with E-state index in [9.17, 15) is 8.42 Å². The highest BCUT2D eigenvalue weighted by Gasteiger charge is 2.20. The maximum Gasteiger partial charge on any atom is 0.244 e. The summed E-state index contributed by atoms with van der Waals surface area (Å²) in [6, 6.07) is 6.40. The fraction of sp³-hybridized carbons (Fsp3) is 0.357. The van der Waals surface area contributed by atoms with Crippen molar-refractivity contribution in [2.75, 3.05) is 14.2 Å². The third-order valence-electron chi connectivity index (χ3n) is 3.21. The van der Waals surface area contributed by atoms with Crippen molar-refractivity contribution in [1.29, 1.82) is 0 Å². The van der Waals surface area contributed by atoms with Gasteiger partial charge in [-0.3, -0.25) is 4.68 Å². The Balaban J connectivity index is 2.26. The summed E-state index contributed by atoms with van der Waals surface area (Å²) in [6.45, 7) is 2.76. The Morgan fingerprint density at radius 2 is 2.00 bits per heavy atom. The van der Waals surface area contributed by atoms with Crippen LogP contribution in [0.15, 0.2) is 35.4 Å². The topological polar surface area (TPSA) is 82.5 Å². The van der Waals surface area contributed by atoms with E-state index in [1.165, 1.54) is 20.3 Å². The number of benzene rings is 1. The van der Waals surface area contributed by atoms with Gasteiger partial charge in [0.15, 0.2) is 0 Å². The minimum atomic E-state index is -3.73. The standard InChI is InChI=1S/C14H19N3O4S/c1-4-17-11(7-8-15-17)10-16-22(18,19)14-9-12(20-2)5-6-13(14)21-3/h5-9,16H,4,10H2,1-3H3. The van der Waals surface area contributed by atoms with Gasteiger partial charge in [-0.1, -0.05) is 0 Å². The normalized spacial score (nSPS) is 11.4. The van der Waals surface area contributed by atoms with E-state index in [2.05, 4.69) is 9.82 Å². The zero-order valence-corrected chi connectivity index (χ0v) is 13.6. The first-order valence-electron chi connectivity index (χ1n) is 6.74. The van der Waals surface area contributed by atoms with E-state index in [1.54, 1.807) is 29.1 Å². The van der Waals surface area contributed by atoms with Gasteiger partial charge in [0, 0.05) is 18.8 Å². The second-order valence-corrected chi connectivity index (χ2v) is 6.22. The molecule has 0 radical (unpaired) electrons. The third-order valence-corrected chi connectivity index (χ3v) is 4.63. The molecular weight excluding hydrogens is 306 g/mol. The van der Waals surface area contributed by atoms with Gasteiger partial charge in [0.1, 0.15) is 16.4 Å². The molecule has 0 saturated heterocycles. The average molecular weight is 325 g/mol. The third kappa shape index (κ3) is 3.40. The van der Waals surface area contributed by atoms with Crippen molar-refractivity contribution in [3.05, 3.63) is 36.2 Å². The molecule has 2 aromatic rings. The number of methoxy groups -OCH3 is 2. The van der Waals surface area contributed by atoms with Crippen molar-refractivity contribution in [2.24, 2.45) is 0 Å². The van der Waals surface area contributed by atoms with Gasteiger partial charge in [-0.25, -0.2) is 13.1 Å². The summed E-state index contributed by atoms with van der Waals surface area (Å²) >= 11 is 0. The van der Waals surface area contributed by atoms with Crippen LogP contribution in [0.3, 0.4) is 0 Å². The van der Waals surface area contributed by atoms with Gasteiger partial charge in [-0.15, -0.1) is 0 Å². The Kier molecular flexibility index (Phi) is 5.04. The summed E-state index contributed by atoms with van der Waals surface area (Å²) in [5.41, 5.74) is 0.785. The molecule has 0 aliphatic heterocycles. The quantitative estimate of drug-likeness (QED) is 0.832. The summed E-state index contributed by atoms with van der Waals surface area (Å²) in [4.78, 5) is 0.0388. The molecule has 1 aromatic carbocycles. The van der Waals surface area contributed by atoms with E-state index in [1.807, 2.05) is 6.92 Å². The van der Waals surface area contributed by atoms with Crippen molar-refractivity contribution in [1.82, 2.24) is 14.5 Å². The number of rotatable bonds is 7. The van der Waals surface area contributed by atoms with Crippen LogP contribution in [0.25, 0.3) is 0 Å². The minimum absolute atomic E-state index is 0.0388. The second-order valence-electron chi connectivity index (χ2n) is 4.48. The monoisotopic (exact) mass is 325 g/mol. The molecule has 0 saturated carbocycles. The first-order chi connectivity index (χ1) is 10.5. The second kappa shape index (κ2) is 6.80. The van der Waals surface area contributed by atoms with E-state index < -0.39 is 10.0 Å². The van der Waals surface area contributed by atoms with Crippen LogP contribution < -0.4 is 14.2 Å². The van der Waals surface area contributed by atoms with Crippen molar-refractivity contribution in [2.45, 2.75) is 24.9 Å². The number of hydrogen-bond donors (Lipinski definition) is 1. The van der Waals surface area contributed by atoms with E-state index >= 15 is 0 Å². The lowest BCUT2D eigenvalue weighted by Crippen LogP contribution is -2.25. The first kappa shape index (κ1) is 16.3. The molecule has 0 amide bonds. The van der Waals surface area contributed by atoms with E-state index in [0.717, 1.165) is 5.69 Å². The summed E-state index contributed by atoms with van der Waals surface area (Å²) in [7, 11) is -0.832. The van der Waals surface area contributed by atoms with Crippen molar-refractivity contribution >= 4 is 10.0 Å². The number of hydrogen-bond acceptors (Lipinski definition) is 5. The van der Waals surface area contributed by atoms with Gasteiger partial charge in [-0.2, -0.15) is 5.10 Å². The molecule has 1 aromatic heterocycles. The molecule has 120 valence electrons. The van der Waals surface area contributed by atoms with Crippen LogP contribution in [0.5, 0.6) is 11.5 Å². The largest absolute Gasteiger partial charge is 0.497 e. The van der Waals surface area contributed by atoms with Crippen LogP contribution >= 0.6 is 0 Å². The van der Waals surface area contributed by atoms with Gasteiger partial charge in [0.25, 0.3) is 0 Å². The Morgan fingerprint density at radius 3 is 2.64 bits per heavy atom. The van der Waals surface area contributed by atoms with Crippen LogP contribution in [-0.4, -0.2) is 32.4 Å². The Bertz CT molecular complexity index is 740. The molecule has 0 fully saturated rings.